The molecule has 0 atom stereocenters. The molecule has 0 radical (unpaired) electrons. The Hall–Kier alpha value is -4.40. The lowest BCUT2D eigenvalue weighted by Gasteiger charge is -2.12. The lowest BCUT2D eigenvalue weighted by Crippen LogP contribution is -2.38. The SMILES string of the molecule is CCOC(=O)Cn1cc(C=C2NC(=O)N(CC(=O)Nc3cccc(C)c3)C2=O)c2ccccc21. The Kier molecular flexibility index (Phi) is 6.44. The number of para-hydroxylation sites is 1. The summed E-state index contributed by atoms with van der Waals surface area (Å²) in [4.78, 5) is 50.6. The molecule has 1 aliphatic heterocycles. The fourth-order valence-corrected chi connectivity index (χ4v) is 3.80. The van der Waals surface area contributed by atoms with E-state index >= 15 is 0 Å². The molecule has 3 aromatic rings. The van der Waals surface area contributed by atoms with Crippen LogP contribution in [0.25, 0.3) is 17.0 Å². The van der Waals surface area contributed by atoms with E-state index in [0.717, 1.165) is 21.4 Å². The van der Waals surface area contributed by atoms with Gasteiger partial charge in [-0.05, 0) is 43.7 Å². The summed E-state index contributed by atoms with van der Waals surface area (Å²) in [5.74, 6) is -1.47. The first kappa shape index (κ1) is 22.8. The number of fused-ring (bicyclic) bond motifs is 1. The highest BCUT2D eigenvalue weighted by molar-refractivity contribution is 6.16. The van der Waals surface area contributed by atoms with Gasteiger partial charge in [-0.15, -0.1) is 0 Å². The van der Waals surface area contributed by atoms with Crippen molar-refractivity contribution < 1.29 is 23.9 Å². The molecule has 0 spiro atoms. The van der Waals surface area contributed by atoms with Crippen molar-refractivity contribution >= 4 is 46.5 Å². The standard InChI is InChI=1S/C25H24N4O5/c1-3-34-23(31)15-28-13-17(19-9-4-5-10-21(19)28)12-20-24(32)29(25(33)27-20)14-22(30)26-18-8-6-7-16(2)11-18/h4-13H,3,14-15H2,1-2H3,(H,26,30)(H,27,33). The molecule has 4 rings (SSSR count). The zero-order valence-corrected chi connectivity index (χ0v) is 18.8. The third kappa shape index (κ3) is 4.83. The highest BCUT2D eigenvalue weighted by Crippen LogP contribution is 2.25. The van der Waals surface area contributed by atoms with Crippen molar-refractivity contribution in [2.24, 2.45) is 0 Å². The van der Waals surface area contributed by atoms with Gasteiger partial charge in [0.2, 0.25) is 5.91 Å². The summed E-state index contributed by atoms with van der Waals surface area (Å²) in [5.41, 5.74) is 3.04. The average Bonchev–Trinajstić information content (AvgIpc) is 3.26. The van der Waals surface area contributed by atoms with E-state index in [4.69, 9.17) is 4.74 Å². The maximum atomic E-state index is 12.9. The predicted octanol–water partition coefficient (Wildman–Crippen LogP) is 3.04. The van der Waals surface area contributed by atoms with Gasteiger partial charge in [0.1, 0.15) is 18.8 Å². The number of hydrogen-bond acceptors (Lipinski definition) is 5. The molecular formula is C25H24N4O5. The number of aromatic nitrogens is 1. The molecule has 9 nitrogen and oxygen atoms in total. The summed E-state index contributed by atoms with van der Waals surface area (Å²) in [6.45, 7) is 3.52. The number of esters is 1. The Balaban J connectivity index is 1.54. The number of aryl methyl sites for hydroxylation is 1. The summed E-state index contributed by atoms with van der Waals surface area (Å²) in [6.07, 6.45) is 3.27. The highest BCUT2D eigenvalue weighted by atomic mass is 16.5. The number of amides is 4. The van der Waals surface area contributed by atoms with Crippen LogP contribution in [0.1, 0.15) is 18.1 Å². The van der Waals surface area contributed by atoms with Crippen LogP contribution in [0.2, 0.25) is 0 Å². The van der Waals surface area contributed by atoms with Gasteiger partial charge < -0.3 is 19.9 Å². The number of nitrogens with one attached hydrogen (secondary N) is 2. The number of ether oxygens (including phenoxy) is 1. The molecule has 1 fully saturated rings. The van der Waals surface area contributed by atoms with Crippen molar-refractivity contribution in [1.29, 1.82) is 0 Å². The zero-order valence-electron chi connectivity index (χ0n) is 18.8. The summed E-state index contributed by atoms with van der Waals surface area (Å²) in [7, 11) is 0. The number of hydrogen-bond donors (Lipinski definition) is 2. The van der Waals surface area contributed by atoms with E-state index in [-0.39, 0.29) is 24.8 Å². The summed E-state index contributed by atoms with van der Waals surface area (Å²) < 4.78 is 6.77. The maximum Gasteiger partial charge on any atom is 0.329 e. The number of nitrogens with zero attached hydrogens (tertiary/aromatic N) is 2. The van der Waals surface area contributed by atoms with Gasteiger partial charge in [0.15, 0.2) is 0 Å². The highest BCUT2D eigenvalue weighted by Gasteiger charge is 2.35. The molecule has 1 saturated heterocycles. The van der Waals surface area contributed by atoms with E-state index in [0.29, 0.717) is 11.3 Å². The Morgan fingerprint density at radius 3 is 2.65 bits per heavy atom. The molecule has 2 N–H and O–H groups in total. The molecule has 0 bridgehead atoms. The van der Waals surface area contributed by atoms with Crippen molar-refractivity contribution in [3.8, 4) is 0 Å². The maximum absolute atomic E-state index is 12.9. The van der Waals surface area contributed by atoms with Crippen molar-refractivity contribution in [1.82, 2.24) is 14.8 Å². The molecule has 174 valence electrons. The predicted molar refractivity (Wildman–Crippen MR) is 127 cm³/mol. The molecule has 9 heteroatoms. The van der Waals surface area contributed by atoms with Crippen LogP contribution in [0.4, 0.5) is 10.5 Å². The van der Waals surface area contributed by atoms with Crippen LogP contribution in [-0.4, -0.2) is 46.4 Å². The Bertz CT molecular complexity index is 1320. The minimum absolute atomic E-state index is 0.0170. The van der Waals surface area contributed by atoms with Gasteiger partial charge >= 0.3 is 12.0 Å². The summed E-state index contributed by atoms with van der Waals surface area (Å²) >= 11 is 0. The average molecular weight is 460 g/mol. The second kappa shape index (κ2) is 9.62. The quantitative estimate of drug-likeness (QED) is 0.320. The van der Waals surface area contributed by atoms with Gasteiger partial charge in [-0.2, -0.15) is 0 Å². The summed E-state index contributed by atoms with van der Waals surface area (Å²) in [5, 5.41) is 6.03. The first-order valence-electron chi connectivity index (χ1n) is 10.8. The lowest BCUT2D eigenvalue weighted by atomic mass is 10.1. The number of carbonyl (C=O) groups excluding carboxylic acids is 4. The molecule has 1 aliphatic rings. The van der Waals surface area contributed by atoms with Crippen LogP contribution in [0, 0.1) is 6.92 Å². The van der Waals surface area contributed by atoms with Crippen LogP contribution < -0.4 is 10.6 Å². The van der Waals surface area contributed by atoms with Gasteiger partial charge in [-0.25, -0.2) is 9.69 Å². The second-order valence-electron chi connectivity index (χ2n) is 7.83. The van der Waals surface area contributed by atoms with Crippen molar-refractivity contribution in [3.05, 3.63) is 71.6 Å². The number of rotatable bonds is 7. The molecular weight excluding hydrogens is 436 g/mol. The molecule has 2 aromatic carbocycles. The van der Waals surface area contributed by atoms with Gasteiger partial charge in [-0.1, -0.05) is 30.3 Å². The van der Waals surface area contributed by atoms with Crippen molar-refractivity contribution in [2.45, 2.75) is 20.4 Å². The first-order valence-corrected chi connectivity index (χ1v) is 10.8. The number of benzene rings is 2. The third-order valence-corrected chi connectivity index (χ3v) is 5.29. The molecule has 1 aromatic heterocycles. The number of anilines is 1. The molecule has 0 saturated carbocycles. The fraction of sp³-hybridized carbons (Fsp3) is 0.200. The Morgan fingerprint density at radius 1 is 1.09 bits per heavy atom. The van der Waals surface area contributed by atoms with Gasteiger partial charge in [0, 0.05) is 28.4 Å². The van der Waals surface area contributed by atoms with E-state index in [1.54, 1.807) is 42.0 Å². The topological polar surface area (TPSA) is 110 Å². The van der Waals surface area contributed by atoms with Gasteiger partial charge in [0.25, 0.3) is 5.91 Å². The van der Waals surface area contributed by atoms with Gasteiger partial charge in [0.05, 0.1) is 6.61 Å². The minimum Gasteiger partial charge on any atom is -0.465 e. The largest absolute Gasteiger partial charge is 0.465 e. The van der Waals surface area contributed by atoms with Gasteiger partial charge in [-0.3, -0.25) is 14.4 Å². The molecule has 2 heterocycles. The van der Waals surface area contributed by atoms with Crippen LogP contribution in [0.3, 0.4) is 0 Å². The number of urea groups is 1. The minimum atomic E-state index is -0.675. The fourth-order valence-electron chi connectivity index (χ4n) is 3.80. The Labute approximate surface area is 196 Å². The molecule has 0 unspecified atom stereocenters. The van der Waals surface area contributed by atoms with Crippen LogP contribution in [0.15, 0.2) is 60.4 Å². The summed E-state index contributed by atoms with van der Waals surface area (Å²) in [6, 6.07) is 14.0. The second-order valence-corrected chi connectivity index (χ2v) is 7.83. The Morgan fingerprint density at radius 2 is 1.88 bits per heavy atom. The third-order valence-electron chi connectivity index (χ3n) is 5.29. The van der Waals surface area contributed by atoms with Crippen molar-refractivity contribution in [3.63, 3.8) is 0 Å². The number of imide groups is 1. The zero-order chi connectivity index (χ0) is 24.2. The van der Waals surface area contributed by atoms with Crippen molar-refractivity contribution in [2.75, 3.05) is 18.5 Å². The number of carbonyl (C=O) groups is 4. The van der Waals surface area contributed by atoms with E-state index in [1.807, 2.05) is 37.3 Å². The first-order chi connectivity index (χ1) is 16.4. The molecule has 0 aliphatic carbocycles. The smallest absolute Gasteiger partial charge is 0.329 e. The normalized spacial score (nSPS) is 14.5. The monoisotopic (exact) mass is 460 g/mol. The van der Waals surface area contributed by atoms with E-state index in [9.17, 15) is 19.2 Å². The van der Waals surface area contributed by atoms with Crippen LogP contribution in [0.5, 0.6) is 0 Å². The van der Waals surface area contributed by atoms with Crippen LogP contribution in [-0.2, 0) is 25.7 Å². The molecule has 34 heavy (non-hydrogen) atoms. The molecule has 4 amide bonds. The van der Waals surface area contributed by atoms with E-state index in [1.165, 1.54) is 0 Å². The van der Waals surface area contributed by atoms with E-state index in [2.05, 4.69) is 10.6 Å². The van der Waals surface area contributed by atoms with Crippen LogP contribution >= 0.6 is 0 Å². The van der Waals surface area contributed by atoms with E-state index < -0.39 is 24.4 Å². The lowest BCUT2D eigenvalue weighted by molar-refractivity contribution is -0.143.